The van der Waals surface area contributed by atoms with Crippen molar-refractivity contribution in [3.8, 4) is 0 Å². The molecule has 0 fully saturated rings. The molecular formula is C10H19IN2O4. The van der Waals surface area contributed by atoms with Crippen LogP contribution >= 0.6 is 22.6 Å². The van der Waals surface area contributed by atoms with Crippen LogP contribution in [0.15, 0.2) is 0 Å². The SMILES string of the molecule is CON(C)C(=O)[C@H](CI)NC(=O)OC(C)(C)C. The molecular weight excluding hydrogens is 339 g/mol. The first-order valence-electron chi connectivity index (χ1n) is 5.08. The van der Waals surface area contributed by atoms with Gasteiger partial charge in [-0.05, 0) is 20.8 Å². The second-order valence-corrected chi connectivity index (χ2v) is 5.25. The van der Waals surface area contributed by atoms with Crippen molar-refractivity contribution in [2.24, 2.45) is 0 Å². The Balaban J connectivity index is 4.41. The number of nitrogens with one attached hydrogen (secondary N) is 1. The van der Waals surface area contributed by atoms with Crippen LogP contribution in [0.1, 0.15) is 20.8 Å². The normalized spacial score (nSPS) is 12.8. The zero-order valence-corrected chi connectivity index (χ0v) is 12.9. The number of halogens is 1. The fourth-order valence-electron chi connectivity index (χ4n) is 0.926. The number of hydrogen-bond acceptors (Lipinski definition) is 4. The lowest BCUT2D eigenvalue weighted by atomic mass is 10.2. The van der Waals surface area contributed by atoms with Gasteiger partial charge in [0.05, 0.1) is 7.11 Å². The Kier molecular flexibility index (Phi) is 6.76. The average Bonchev–Trinajstić information content (AvgIpc) is 2.21. The molecule has 2 amide bonds. The molecule has 0 heterocycles. The summed E-state index contributed by atoms with van der Waals surface area (Å²) in [7, 11) is 2.87. The molecule has 17 heavy (non-hydrogen) atoms. The number of hydroxylamine groups is 2. The summed E-state index contributed by atoms with van der Waals surface area (Å²) in [6.07, 6.45) is -0.614. The molecule has 0 saturated heterocycles. The van der Waals surface area contributed by atoms with E-state index in [1.54, 1.807) is 20.8 Å². The van der Waals surface area contributed by atoms with E-state index in [2.05, 4.69) is 5.32 Å². The van der Waals surface area contributed by atoms with E-state index >= 15 is 0 Å². The van der Waals surface area contributed by atoms with E-state index in [1.165, 1.54) is 14.2 Å². The van der Waals surface area contributed by atoms with E-state index in [9.17, 15) is 9.59 Å². The number of alkyl carbamates (subject to hydrolysis) is 1. The van der Waals surface area contributed by atoms with Crippen molar-refractivity contribution in [1.82, 2.24) is 10.4 Å². The molecule has 1 atom stereocenters. The molecule has 0 aliphatic heterocycles. The van der Waals surface area contributed by atoms with Crippen molar-refractivity contribution in [3.05, 3.63) is 0 Å². The van der Waals surface area contributed by atoms with Gasteiger partial charge in [0.25, 0.3) is 5.91 Å². The summed E-state index contributed by atoms with van der Waals surface area (Å²) < 4.78 is 5.50. The quantitative estimate of drug-likeness (QED) is 0.468. The Morgan fingerprint density at radius 2 is 1.94 bits per heavy atom. The largest absolute Gasteiger partial charge is 0.444 e. The van der Waals surface area contributed by atoms with Gasteiger partial charge in [0.15, 0.2) is 0 Å². The van der Waals surface area contributed by atoms with Crippen LogP contribution in [-0.2, 0) is 14.4 Å². The molecule has 0 aromatic carbocycles. The summed E-state index contributed by atoms with van der Waals surface area (Å²) in [6.45, 7) is 5.28. The first-order valence-corrected chi connectivity index (χ1v) is 6.61. The van der Waals surface area contributed by atoms with Crippen molar-refractivity contribution in [2.45, 2.75) is 32.4 Å². The van der Waals surface area contributed by atoms with E-state index in [1.807, 2.05) is 22.6 Å². The average molecular weight is 358 g/mol. The highest BCUT2D eigenvalue weighted by molar-refractivity contribution is 14.1. The van der Waals surface area contributed by atoms with E-state index in [4.69, 9.17) is 9.57 Å². The van der Waals surface area contributed by atoms with E-state index in [0.29, 0.717) is 4.43 Å². The molecule has 0 aromatic heterocycles. The van der Waals surface area contributed by atoms with Crippen LogP contribution in [-0.4, -0.2) is 47.3 Å². The molecule has 0 aromatic rings. The number of hydrogen-bond donors (Lipinski definition) is 1. The molecule has 0 saturated carbocycles. The Hall–Kier alpha value is -0.570. The lowest BCUT2D eigenvalue weighted by Crippen LogP contribution is -2.49. The summed E-state index contributed by atoms with van der Waals surface area (Å²) in [5.74, 6) is -0.326. The molecule has 0 radical (unpaired) electrons. The van der Waals surface area contributed by atoms with Crippen molar-refractivity contribution in [1.29, 1.82) is 0 Å². The Morgan fingerprint density at radius 1 is 1.41 bits per heavy atom. The molecule has 7 heteroatoms. The number of carbonyl (C=O) groups is 2. The summed E-state index contributed by atoms with van der Waals surface area (Å²) in [5.41, 5.74) is -0.587. The maximum Gasteiger partial charge on any atom is 0.408 e. The van der Waals surface area contributed by atoms with Gasteiger partial charge in [-0.2, -0.15) is 0 Å². The van der Waals surface area contributed by atoms with Crippen LogP contribution in [0.3, 0.4) is 0 Å². The number of rotatable bonds is 4. The highest BCUT2D eigenvalue weighted by Crippen LogP contribution is 2.07. The first-order chi connectivity index (χ1) is 7.71. The van der Waals surface area contributed by atoms with E-state index in [0.717, 1.165) is 5.06 Å². The third-order valence-corrected chi connectivity index (χ3v) is 2.61. The van der Waals surface area contributed by atoms with Gasteiger partial charge in [0, 0.05) is 11.5 Å². The monoisotopic (exact) mass is 358 g/mol. The molecule has 100 valence electrons. The fourth-order valence-corrected chi connectivity index (χ4v) is 1.52. The number of nitrogens with zero attached hydrogens (tertiary/aromatic N) is 1. The van der Waals surface area contributed by atoms with E-state index < -0.39 is 17.7 Å². The van der Waals surface area contributed by atoms with Crippen molar-refractivity contribution in [2.75, 3.05) is 18.6 Å². The molecule has 6 nitrogen and oxygen atoms in total. The van der Waals surface area contributed by atoms with Gasteiger partial charge in [-0.1, -0.05) is 22.6 Å². The summed E-state index contributed by atoms with van der Waals surface area (Å²) in [6, 6.07) is -0.657. The summed E-state index contributed by atoms with van der Waals surface area (Å²) in [4.78, 5) is 28.0. The Bertz CT molecular complexity index is 278. The molecule has 1 N–H and O–H groups in total. The third-order valence-electron chi connectivity index (χ3n) is 1.73. The second kappa shape index (κ2) is 7.00. The van der Waals surface area contributed by atoms with Gasteiger partial charge >= 0.3 is 6.09 Å². The lowest BCUT2D eigenvalue weighted by Gasteiger charge is -2.24. The predicted molar refractivity (Wildman–Crippen MR) is 71.8 cm³/mol. The van der Waals surface area contributed by atoms with Crippen molar-refractivity contribution in [3.63, 3.8) is 0 Å². The van der Waals surface area contributed by atoms with Gasteiger partial charge in [-0.3, -0.25) is 9.63 Å². The van der Waals surface area contributed by atoms with Crippen LogP contribution in [0, 0.1) is 0 Å². The van der Waals surface area contributed by atoms with Crippen LogP contribution < -0.4 is 5.32 Å². The summed E-state index contributed by atoms with van der Waals surface area (Å²) in [5, 5.41) is 3.57. The Morgan fingerprint density at radius 3 is 2.29 bits per heavy atom. The molecule has 0 unspecified atom stereocenters. The Labute approximate surface area is 115 Å². The van der Waals surface area contributed by atoms with Crippen molar-refractivity contribution >= 4 is 34.6 Å². The highest BCUT2D eigenvalue weighted by atomic mass is 127. The number of ether oxygens (including phenoxy) is 1. The van der Waals surface area contributed by atoms with Crippen LogP contribution in [0.4, 0.5) is 4.79 Å². The molecule has 0 bridgehead atoms. The van der Waals surface area contributed by atoms with Crippen molar-refractivity contribution < 1.29 is 19.2 Å². The number of amides is 2. The third kappa shape index (κ3) is 6.67. The minimum absolute atomic E-state index is 0.326. The number of alkyl halides is 1. The number of likely N-dealkylation sites (N-methyl/N-ethyl adjacent to an activating group) is 1. The van der Waals surface area contributed by atoms with Crippen LogP contribution in [0.25, 0.3) is 0 Å². The highest BCUT2D eigenvalue weighted by Gasteiger charge is 2.25. The van der Waals surface area contributed by atoms with Gasteiger partial charge < -0.3 is 10.1 Å². The van der Waals surface area contributed by atoms with Crippen LogP contribution in [0.5, 0.6) is 0 Å². The van der Waals surface area contributed by atoms with Gasteiger partial charge in [0.2, 0.25) is 0 Å². The lowest BCUT2D eigenvalue weighted by molar-refractivity contribution is -0.170. The standard InChI is InChI=1S/C10H19IN2O4/c1-10(2,3)17-9(15)12-7(6-11)8(14)13(4)16-5/h7H,6H2,1-5H3,(H,12,15)/t7-/m0/s1. The topological polar surface area (TPSA) is 67.9 Å². The predicted octanol–water partition coefficient (Wildman–Crippen LogP) is 1.33. The zero-order valence-electron chi connectivity index (χ0n) is 10.7. The van der Waals surface area contributed by atoms with Gasteiger partial charge in [-0.25, -0.2) is 9.86 Å². The van der Waals surface area contributed by atoms with Gasteiger partial charge in [0.1, 0.15) is 11.6 Å². The molecule has 0 aliphatic rings. The van der Waals surface area contributed by atoms with E-state index in [-0.39, 0.29) is 5.91 Å². The minimum atomic E-state index is -0.657. The van der Waals surface area contributed by atoms with Gasteiger partial charge in [-0.15, -0.1) is 0 Å². The first kappa shape index (κ1) is 16.4. The molecule has 0 rings (SSSR count). The maximum atomic E-state index is 11.7. The summed E-state index contributed by atoms with van der Waals surface area (Å²) >= 11 is 2.01. The molecule has 0 aliphatic carbocycles. The second-order valence-electron chi connectivity index (χ2n) is 4.37. The maximum absolute atomic E-state index is 11.7. The van der Waals surface area contributed by atoms with Crippen LogP contribution in [0.2, 0.25) is 0 Å². The smallest absolute Gasteiger partial charge is 0.408 e. The number of carbonyl (C=O) groups excluding carboxylic acids is 2. The fraction of sp³-hybridized carbons (Fsp3) is 0.800. The zero-order chi connectivity index (χ0) is 13.6. The minimum Gasteiger partial charge on any atom is -0.444 e. The molecule has 0 spiro atoms.